The second-order valence-electron chi connectivity index (χ2n) is 6.56. The molecule has 12 heteroatoms. The molecule has 0 fully saturated rings. The maximum absolute atomic E-state index is 12.8. The highest BCUT2D eigenvalue weighted by atomic mass is 19.4. The Morgan fingerprint density at radius 1 is 1.14 bits per heavy atom. The van der Waals surface area contributed by atoms with Gasteiger partial charge in [0.05, 0.1) is 18.9 Å². The predicted octanol–water partition coefficient (Wildman–Crippen LogP) is 3.16. The molecule has 1 unspecified atom stereocenters. The number of benzene rings is 1. The molecule has 158 valence electrons. The van der Waals surface area contributed by atoms with Crippen molar-refractivity contribution < 1.29 is 35.9 Å². The molecule has 6 nitrogen and oxygen atoms in total. The van der Waals surface area contributed by atoms with Gasteiger partial charge in [-0.1, -0.05) is 12.1 Å². The number of nitrogens with zero attached hydrogens (tertiary/aromatic N) is 3. The van der Waals surface area contributed by atoms with Gasteiger partial charge >= 0.3 is 12.5 Å². The SMILES string of the molecule is O=C(Cc1ccc(OC(F)(F)F)cc1)NCc1nnc2n1CCC(C(F)(F)F)C2. The molecule has 1 aromatic heterocycles. The Balaban J connectivity index is 1.52. The topological polar surface area (TPSA) is 69.0 Å². The maximum Gasteiger partial charge on any atom is 0.573 e. The minimum absolute atomic E-state index is 0.0161. The zero-order valence-corrected chi connectivity index (χ0v) is 14.8. The average Bonchev–Trinajstić information content (AvgIpc) is 3.02. The molecule has 1 amide bonds. The molecule has 1 atom stereocenters. The number of ether oxygens (including phenoxy) is 1. The van der Waals surface area contributed by atoms with Gasteiger partial charge in [0.2, 0.25) is 5.91 Å². The van der Waals surface area contributed by atoms with Gasteiger partial charge in [-0.25, -0.2) is 0 Å². The molecule has 1 aliphatic heterocycles. The number of fused-ring (bicyclic) bond motifs is 1. The lowest BCUT2D eigenvalue weighted by Crippen LogP contribution is -2.32. The Morgan fingerprint density at radius 3 is 2.45 bits per heavy atom. The Kier molecular flexibility index (Phi) is 5.71. The highest BCUT2D eigenvalue weighted by Crippen LogP contribution is 2.34. The molecule has 0 spiro atoms. The summed E-state index contributed by atoms with van der Waals surface area (Å²) in [5.74, 6) is -1.69. The van der Waals surface area contributed by atoms with Crippen LogP contribution in [-0.4, -0.2) is 33.2 Å². The van der Waals surface area contributed by atoms with Crippen LogP contribution in [0.5, 0.6) is 5.75 Å². The molecule has 0 bridgehead atoms. The van der Waals surface area contributed by atoms with Crippen LogP contribution in [0.25, 0.3) is 0 Å². The smallest absolute Gasteiger partial charge is 0.406 e. The summed E-state index contributed by atoms with van der Waals surface area (Å²) in [5.41, 5.74) is 0.466. The first-order valence-electron chi connectivity index (χ1n) is 8.60. The van der Waals surface area contributed by atoms with E-state index >= 15 is 0 Å². The van der Waals surface area contributed by atoms with Crippen molar-refractivity contribution in [2.24, 2.45) is 5.92 Å². The summed E-state index contributed by atoms with van der Waals surface area (Å²) < 4.78 is 80.2. The highest BCUT2D eigenvalue weighted by molar-refractivity contribution is 5.78. The van der Waals surface area contributed by atoms with E-state index in [-0.39, 0.29) is 38.2 Å². The van der Waals surface area contributed by atoms with Gasteiger partial charge in [0.25, 0.3) is 0 Å². The number of hydrogen-bond donors (Lipinski definition) is 1. The molecule has 2 heterocycles. The molecule has 1 aliphatic rings. The van der Waals surface area contributed by atoms with Crippen LogP contribution in [0.1, 0.15) is 23.6 Å². The van der Waals surface area contributed by atoms with Crippen molar-refractivity contribution in [2.45, 2.75) is 44.9 Å². The van der Waals surface area contributed by atoms with E-state index in [1.807, 2.05) is 0 Å². The third-order valence-corrected chi connectivity index (χ3v) is 4.46. The van der Waals surface area contributed by atoms with Crippen molar-refractivity contribution in [1.29, 1.82) is 0 Å². The monoisotopic (exact) mass is 422 g/mol. The van der Waals surface area contributed by atoms with Crippen LogP contribution in [0, 0.1) is 5.92 Å². The fraction of sp³-hybridized carbons (Fsp3) is 0.471. The van der Waals surface area contributed by atoms with Gasteiger partial charge in [-0.05, 0) is 24.1 Å². The van der Waals surface area contributed by atoms with E-state index in [2.05, 4.69) is 20.3 Å². The fourth-order valence-corrected chi connectivity index (χ4v) is 3.03. The average molecular weight is 422 g/mol. The summed E-state index contributed by atoms with van der Waals surface area (Å²) in [4.78, 5) is 12.0. The van der Waals surface area contributed by atoms with Crippen molar-refractivity contribution in [1.82, 2.24) is 20.1 Å². The molecule has 3 rings (SSSR count). The maximum atomic E-state index is 12.8. The lowest BCUT2D eigenvalue weighted by atomic mass is 9.97. The number of carbonyl (C=O) groups excluding carboxylic acids is 1. The molecule has 2 aromatic rings. The molecule has 1 N–H and O–H groups in total. The first-order valence-corrected chi connectivity index (χ1v) is 8.60. The Bertz CT molecular complexity index is 860. The van der Waals surface area contributed by atoms with Crippen LogP contribution in [0.3, 0.4) is 0 Å². The molecule has 29 heavy (non-hydrogen) atoms. The number of carbonyl (C=O) groups is 1. The second-order valence-corrected chi connectivity index (χ2v) is 6.56. The quantitative estimate of drug-likeness (QED) is 0.752. The Hall–Kier alpha value is -2.79. The largest absolute Gasteiger partial charge is 0.573 e. The number of nitrogens with one attached hydrogen (secondary N) is 1. The van der Waals surface area contributed by atoms with Gasteiger partial charge in [-0.3, -0.25) is 4.79 Å². The summed E-state index contributed by atoms with van der Waals surface area (Å²) in [6.07, 6.45) is -9.51. The summed E-state index contributed by atoms with van der Waals surface area (Å²) in [7, 11) is 0. The molecule has 1 aromatic carbocycles. The van der Waals surface area contributed by atoms with Crippen molar-refractivity contribution in [3.8, 4) is 5.75 Å². The molecular weight excluding hydrogens is 406 g/mol. The van der Waals surface area contributed by atoms with Gasteiger partial charge in [0, 0.05) is 13.0 Å². The van der Waals surface area contributed by atoms with E-state index in [4.69, 9.17) is 0 Å². The number of alkyl halides is 6. The van der Waals surface area contributed by atoms with Crippen molar-refractivity contribution in [3.63, 3.8) is 0 Å². The number of halogens is 6. The highest BCUT2D eigenvalue weighted by Gasteiger charge is 2.42. The van der Waals surface area contributed by atoms with E-state index in [1.165, 1.54) is 12.1 Å². The molecule has 0 saturated heterocycles. The summed E-state index contributed by atoms with van der Waals surface area (Å²) in [6.45, 7) is 0.0934. The van der Waals surface area contributed by atoms with Crippen LogP contribution < -0.4 is 10.1 Å². The van der Waals surface area contributed by atoms with Crippen molar-refractivity contribution in [2.75, 3.05) is 0 Å². The first-order chi connectivity index (χ1) is 13.5. The Labute approximate surface area is 160 Å². The molecule has 0 saturated carbocycles. The van der Waals surface area contributed by atoms with Gasteiger partial charge in [-0.2, -0.15) is 13.2 Å². The summed E-state index contributed by atoms with van der Waals surface area (Å²) >= 11 is 0. The molecule has 0 radical (unpaired) electrons. The van der Waals surface area contributed by atoms with Gasteiger partial charge in [-0.15, -0.1) is 23.4 Å². The number of aromatic nitrogens is 3. The van der Waals surface area contributed by atoms with Gasteiger partial charge in [0.1, 0.15) is 11.6 Å². The summed E-state index contributed by atoms with van der Waals surface area (Å²) in [5, 5.41) is 10.2. The van der Waals surface area contributed by atoms with E-state index in [0.717, 1.165) is 12.1 Å². The normalized spacial score (nSPS) is 17.0. The molecule has 0 aliphatic carbocycles. The fourth-order valence-electron chi connectivity index (χ4n) is 3.03. The lowest BCUT2D eigenvalue weighted by Gasteiger charge is -2.25. The van der Waals surface area contributed by atoms with Crippen LogP contribution in [0.4, 0.5) is 26.3 Å². The van der Waals surface area contributed by atoms with Gasteiger partial charge in [0.15, 0.2) is 5.82 Å². The van der Waals surface area contributed by atoms with Crippen molar-refractivity contribution in [3.05, 3.63) is 41.5 Å². The van der Waals surface area contributed by atoms with Crippen molar-refractivity contribution >= 4 is 5.91 Å². The van der Waals surface area contributed by atoms with E-state index < -0.39 is 30.1 Å². The zero-order valence-electron chi connectivity index (χ0n) is 14.8. The minimum Gasteiger partial charge on any atom is -0.406 e. The predicted molar refractivity (Wildman–Crippen MR) is 86.6 cm³/mol. The number of rotatable bonds is 5. The van der Waals surface area contributed by atoms with E-state index in [0.29, 0.717) is 11.4 Å². The van der Waals surface area contributed by atoms with E-state index in [1.54, 1.807) is 4.57 Å². The standard InChI is InChI=1S/C17H16F6N4O2/c18-16(19,20)11-5-6-27-13(8-11)25-26-14(27)9-24-15(28)7-10-1-3-12(4-2-10)29-17(21,22)23/h1-4,11H,5-9H2,(H,24,28). The summed E-state index contributed by atoms with van der Waals surface area (Å²) in [6, 6.07) is 4.86. The minimum atomic E-state index is -4.80. The third-order valence-electron chi connectivity index (χ3n) is 4.46. The number of hydrogen-bond acceptors (Lipinski definition) is 4. The number of amides is 1. The third kappa shape index (κ3) is 5.61. The van der Waals surface area contributed by atoms with Crippen LogP contribution in [0.2, 0.25) is 0 Å². The lowest BCUT2D eigenvalue weighted by molar-refractivity contribution is -0.274. The van der Waals surface area contributed by atoms with Gasteiger partial charge < -0.3 is 14.6 Å². The zero-order chi connectivity index (χ0) is 21.2. The van der Waals surface area contributed by atoms with E-state index in [9.17, 15) is 31.1 Å². The van der Waals surface area contributed by atoms with Crippen LogP contribution in [0.15, 0.2) is 24.3 Å². The van der Waals surface area contributed by atoms with Crippen LogP contribution in [-0.2, 0) is 30.7 Å². The second kappa shape index (κ2) is 7.91. The van der Waals surface area contributed by atoms with Crippen LogP contribution >= 0.6 is 0 Å². The molecular formula is C17H16F6N4O2. The first kappa shape index (κ1) is 20.9. The Morgan fingerprint density at radius 2 is 1.83 bits per heavy atom.